The van der Waals surface area contributed by atoms with Crippen LogP contribution >= 0.6 is 22.9 Å². The van der Waals surface area contributed by atoms with Gasteiger partial charge in [-0.1, -0.05) is 29.8 Å². The van der Waals surface area contributed by atoms with Gasteiger partial charge in [0.1, 0.15) is 17.4 Å². The van der Waals surface area contributed by atoms with Crippen LogP contribution in [-0.2, 0) is 6.61 Å². The van der Waals surface area contributed by atoms with Gasteiger partial charge in [-0.15, -0.1) is 11.3 Å². The molecule has 0 aliphatic rings. The van der Waals surface area contributed by atoms with Crippen molar-refractivity contribution in [2.75, 3.05) is 7.11 Å². The van der Waals surface area contributed by atoms with Gasteiger partial charge in [-0.3, -0.25) is 0 Å². The number of benzene rings is 3. The zero-order valence-corrected chi connectivity index (χ0v) is 16.0. The molecule has 1 heterocycles. The number of aromatic nitrogens is 1. The molecule has 0 unspecified atom stereocenters. The summed E-state index contributed by atoms with van der Waals surface area (Å²) in [6, 6.07) is 18.1. The van der Waals surface area contributed by atoms with E-state index >= 15 is 0 Å². The summed E-state index contributed by atoms with van der Waals surface area (Å²) in [5, 5.41) is 1.21. The quantitative estimate of drug-likeness (QED) is 0.392. The Balaban J connectivity index is 1.66. The molecular weight excluding hydrogens is 385 g/mol. The van der Waals surface area contributed by atoms with Gasteiger partial charge in [-0.25, -0.2) is 9.37 Å². The topological polar surface area (TPSA) is 31.4 Å². The molecule has 0 amide bonds. The van der Waals surface area contributed by atoms with E-state index in [0.717, 1.165) is 20.8 Å². The maximum Gasteiger partial charge on any atom is 0.162 e. The Labute approximate surface area is 165 Å². The molecule has 0 aliphatic carbocycles. The molecule has 0 bridgehead atoms. The second-order valence-corrected chi connectivity index (χ2v) is 7.28. The summed E-state index contributed by atoms with van der Waals surface area (Å²) in [6.07, 6.45) is 0. The summed E-state index contributed by atoms with van der Waals surface area (Å²) < 4.78 is 26.3. The van der Waals surface area contributed by atoms with Crippen molar-refractivity contribution in [2.45, 2.75) is 6.61 Å². The third-order valence-corrected chi connectivity index (χ3v) is 5.58. The van der Waals surface area contributed by atoms with Crippen LogP contribution in [0.4, 0.5) is 4.39 Å². The molecule has 0 saturated carbocycles. The van der Waals surface area contributed by atoms with Crippen LogP contribution in [0.2, 0.25) is 5.02 Å². The van der Waals surface area contributed by atoms with Crippen LogP contribution in [0.1, 0.15) is 5.56 Å². The average molecular weight is 400 g/mol. The number of hydrogen-bond acceptors (Lipinski definition) is 4. The van der Waals surface area contributed by atoms with E-state index in [-0.39, 0.29) is 6.61 Å². The molecule has 0 fully saturated rings. The lowest BCUT2D eigenvalue weighted by molar-refractivity contribution is 0.280. The number of ether oxygens (including phenoxy) is 2. The number of fused-ring (bicyclic) bond motifs is 1. The van der Waals surface area contributed by atoms with Crippen molar-refractivity contribution < 1.29 is 13.9 Å². The molecule has 1 aromatic heterocycles. The number of thiazole rings is 1. The van der Waals surface area contributed by atoms with Gasteiger partial charge < -0.3 is 9.47 Å². The highest BCUT2D eigenvalue weighted by Crippen LogP contribution is 2.36. The molecule has 6 heteroatoms. The predicted molar refractivity (Wildman–Crippen MR) is 107 cm³/mol. The SMILES string of the molecule is COc1ccc(-c2nc3ccccc3s2)cc1OCc1c(F)cccc1Cl. The van der Waals surface area contributed by atoms with Crippen molar-refractivity contribution in [1.29, 1.82) is 0 Å². The molecule has 3 nitrogen and oxygen atoms in total. The summed E-state index contributed by atoms with van der Waals surface area (Å²) in [7, 11) is 1.57. The predicted octanol–water partition coefficient (Wildman–Crippen LogP) is 6.34. The van der Waals surface area contributed by atoms with Crippen LogP contribution in [0.25, 0.3) is 20.8 Å². The lowest BCUT2D eigenvalue weighted by Gasteiger charge is -2.13. The summed E-state index contributed by atoms with van der Waals surface area (Å²) in [4.78, 5) is 4.67. The second-order valence-electron chi connectivity index (χ2n) is 5.84. The normalized spacial score (nSPS) is 10.9. The first kappa shape index (κ1) is 17.8. The number of halogens is 2. The largest absolute Gasteiger partial charge is 0.493 e. The highest BCUT2D eigenvalue weighted by Gasteiger charge is 2.13. The first-order valence-corrected chi connectivity index (χ1v) is 9.45. The van der Waals surface area contributed by atoms with E-state index in [1.807, 2.05) is 42.5 Å². The van der Waals surface area contributed by atoms with Crippen molar-refractivity contribution in [3.8, 4) is 22.1 Å². The van der Waals surface area contributed by atoms with Gasteiger partial charge in [0, 0.05) is 11.1 Å². The van der Waals surface area contributed by atoms with Gasteiger partial charge in [0.15, 0.2) is 11.5 Å². The van der Waals surface area contributed by atoms with Crippen LogP contribution in [0.15, 0.2) is 60.7 Å². The molecule has 4 aromatic rings. The summed E-state index contributed by atoms with van der Waals surface area (Å²) in [5.41, 5.74) is 2.17. The van der Waals surface area contributed by atoms with E-state index in [4.69, 9.17) is 21.1 Å². The van der Waals surface area contributed by atoms with E-state index in [9.17, 15) is 4.39 Å². The second kappa shape index (κ2) is 7.55. The lowest BCUT2D eigenvalue weighted by atomic mass is 10.2. The highest BCUT2D eigenvalue weighted by molar-refractivity contribution is 7.21. The fourth-order valence-corrected chi connectivity index (χ4v) is 3.92. The molecular formula is C21H15ClFNO2S. The van der Waals surface area contributed by atoms with Crippen molar-refractivity contribution in [2.24, 2.45) is 0 Å². The Hall–Kier alpha value is -2.63. The zero-order valence-electron chi connectivity index (χ0n) is 14.4. The molecule has 0 saturated heterocycles. The molecule has 0 N–H and O–H groups in total. The Morgan fingerprint density at radius 1 is 1.04 bits per heavy atom. The molecule has 27 heavy (non-hydrogen) atoms. The minimum absolute atomic E-state index is 0.00512. The van der Waals surface area contributed by atoms with Crippen LogP contribution in [0.3, 0.4) is 0 Å². The minimum Gasteiger partial charge on any atom is -0.493 e. The van der Waals surface area contributed by atoms with Gasteiger partial charge in [0.05, 0.1) is 22.3 Å². The Bertz CT molecular complexity index is 1060. The number of para-hydroxylation sites is 1. The Kier molecular flexibility index (Phi) is 4.97. The molecule has 0 spiro atoms. The monoisotopic (exact) mass is 399 g/mol. The standard InChI is InChI=1S/C21H15ClFNO2S/c1-25-18-10-9-13(21-24-17-7-2-3-8-20(17)27-21)11-19(18)26-12-14-15(22)5-4-6-16(14)23/h2-11H,12H2,1H3. The van der Waals surface area contributed by atoms with Gasteiger partial charge >= 0.3 is 0 Å². The van der Waals surface area contributed by atoms with E-state index < -0.39 is 5.82 Å². The van der Waals surface area contributed by atoms with Crippen molar-refractivity contribution in [1.82, 2.24) is 4.98 Å². The van der Waals surface area contributed by atoms with Gasteiger partial charge in [-0.2, -0.15) is 0 Å². The van der Waals surface area contributed by atoms with E-state index in [0.29, 0.717) is 22.1 Å². The maximum atomic E-state index is 14.0. The smallest absolute Gasteiger partial charge is 0.162 e. The Morgan fingerprint density at radius 2 is 1.89 bits per heavy atom. The zero-order chi connectivity index (χ0) is 18.8. The summed E-state index contributed by atoms with van der Waals surface area (Å²) in [6.45, 7) is 0.00512. The van der Waals surface area contributed by atoms with Crippen molar-refractivity contribution in [3.05, 3.63) is 77.1 Å². The van der Waals surface area contributed by atoms with Crippen molar-refractivity contribution >= 4 is 33.2 Å². The summed E-state index contributed by atoms with van der Waals surface area (Å²) in [5.74, 6) is 0.671. The van der Waals surface area contributed by atoms with E-state index in [1.54, 1.807) is 30.6 Å². The summed E-state index contributed by atoms with van der Waals surface area (Å²) >= 11 is 7.69. The molecule has 4 rings (SSSR count). The van der Waals surface area contributed by atoms with Crippen molar-refractivity contribution in [3.63, 3.8) is 0 Å². The maximum absolute atomic E-state index is 14.0. The molecule has 136 valence electrons. The third-order valence-electron chi connectivity index (χ3n) is 4.14. The fourth-order valence-electron chi connectivity index (χ4n) is 2.74. The lowest BCUT2D eigenvalue weighted by Crippen LogP contribution is -2.01. The molecule has 0 radical (unpaired) electrons. The molecule has 3 aromatic carbocycles. The van der Waals surface area contributed by atoms with Crippen LogP contribution in [-0.4, -0.2) is 12.1 Å². The first-order valence-electron chi connectivity index (χ1n) is 8.25. The van der Waals surface area contributed by atoms with E-state index in [1.165, 1.54) is 6.07 Å². The molecule has 0 aliphatic heterocycles. The third kappa shape index (κ3) is 3.61. The van der Waals surface area contributed by atoms with Crippen LogP contribution in [0, 0.1) is 5.82 Å². The minimum atomic E-state index is -0.399. The fraction of sp³-hybridized carbons (Fsp3) is 0.0952. The number of nitrogens with zero attached hydrogens (tertiary/aromatic N) is 1. The first-order chi connectivity index (χ1) is 13.2. The number of rotatable bonds is 5. The van der Waals surface area contributed by atoms with Gasteiger partial charge in [0.25, 0.3) is 0 Å². The van der Waals surface area contributed by atoms with Crippen LogP contribution in [0.5, 0.6) is 11.5 Å². The number of hydrogen-bond donors (Lipinski definition) is 0. The Morgan fingerprint density at radius 3 is 2.67 bits per heavy atom. The van der Waals surface area contributed by atoms with E-state index in [2.05, 4.69) is 4.98 Å². The highest BCUT2D eigenvalue weighted by atomic mass is 35.5. The van der Waals surface area contributed by atoms with Crippen LogP contribution < -0.4 is 9.47 Å². The number of methoxy groups -OCH3 is 1. The van der Waals surface area contributed by atoms with Gasteiger partial charge in [-0.05, 0) is 42.5 Å². The molecule has 0 atom stereocenters. The average Bonchev–Trinajstić information content (AvgIpc) is 3.11. The van der Waals surface area contributed by atoms with Gasteiger partial charge in [0.2, 0.25) is 0 Å².